The Morgan fingerprint density at radius 1 is 1.42 bits per heavy atom. The zero-order chi connectivity index (χ0) is 14.6. The summed E-state index contributed by atoms with van der Waals surface area (Å²) in [5, 5.41) is 2.58. The van der Waals surface area contributed by atoms with Gasteiger partial charge in [-0.15, -0.1) is 11.6 Å². The zero-order valence-corrected chi connectivity index (χ0v) is 13.6. The van der Waals surface area contributed by atoms with Crippen molar-refractivity contribution in [2.24, 2.45) is 5.41 Å². The lowest BCUT2D eigenvalue weighted by Gasteiger charge is -2.22. The summed E-state index contributed by atoms with van der Waals surface area (Å²) in [6, 6.07) is 4.08. The number of nitrogens with one attached hydrogen (secondary N) is 1. The van der Waals surface area contributed by atoms with Crippen molar-refractivity contribution < 1.29 is 9.18 Å². The molecule has 0 saturated heterocycles. The molecule has 0 aliphatic carbocycles. The van der Waals surface area contributed by atoms with Crippen LogP contribution in [-0.4, -0.2) is 17.8 Å². The van der Waals surface area contributed by atoms with Gasteiger partial charge in [-0.05, 0) is 30.0 Å². The molecular weight excluding hydrogens is 333 g/mol. The quantitative estimate of drug-likeness (QED) is 0.803. The predicted octanol–water partition coefficient (Wildman–Crippen LogP) is 4.36. The molecule has 1 N–H and O–H groups in total. The molecule has 0 spiro atoms. The minimum Gasteiger partial charge on any atom is -0.351 e. The molecule has 0 saturated carbocycles. The Balaban J connectivity index is 2.56. The maximum atomic E-state index is 13.2. The molecule has 0 aromatic heterocycles. The number of rotatable bonds is 4. The topological polar surface area (TPSA) is 29.1 Å². The van der Waals surface area contributed by atoms with E-state index in [-0.39, 0.29) is 22.3 Å². The predicted molar refractivity (Wildman–Crippen MR) is 80.1 cm³/mol. The number of carbonyl (C=O) groups is 1. The molecule has 2 nitrogen and oxygen atoms in total. The van der Waals surface area contributed by atoms with Crippen LogP contribution in [-0.2, 0) is 0 Å². The fraction of sp³-hybridized carbons (Fsp3) is 0.500. The molecule has 0 aliphatic heterocycles. The van der Waals surface area contributed by atoms with Crippen LogP contribution in [0.25, 0.3) is 0 Å². The van der Waals surface area contributed by atoms with Gasteiger partial charge in [0, 0.05) is 16.6 Å². The Morgan fingerprint density at radius 2 is 2.05 bits per heavy atom. The number of hydrogen-bond acceptors (Lipinski definition) is 1. The first kappa shape index (κ1) is 16.4. The highest BCUT2D eigenvalue weighted by molar-refractivity contribution is 9.10. The minimum absolute atomic E-state index is 0.110. The molecule has 1 atom stereocenters. The maximum absolute atomic E-state index is 13.2. The van der Waals surface area contributed by atoms with E-state index in [1.54, 1.807) is 6.07 Å². The van der Waals surface area contributed by atoms with Gasteiger partial charge in [0.2, 0.25) is 0 Å². The van der Waals surface area contributed by atoms with Gasteiger partial charge in [0.15, 0.2) is 0 Å². The molecule has 0 aliphatic rings. The molecule has 1 aromatic carbocycles. The van der Waals surface area contributed by atoms with Crippen LogP contribution in [0.3, 0.4) is 0 Å². The van der Waals surface area contributed by atoms with Crippen LogP contribution >= 0.6 is 27.5 Å². The van der Waals surface area contributed by atoms with Crippen molar-refractivity contribution in [3.63, 3.8) is 0 Å². The molecule has 5 heteroatoms. The Morgan fingerprint density at radius 3 is 2.58 bits per heavy atom. The van der Waals surface area contributed by atoms with Gasteiger partial charge in [0.05, 0.1) is 5.38 Å². The summed E-state index contributed by atoms with van der Waals surface area (Å²) in [7, 11) is 0. The lowest BCUT2D eigenvalue weighted by Crippen LogP contribution is -2.31. The Hall–Kier alpha value is -0.610. The van der Waals surface area contributed by atoms with Gasteiger partial charge in [-0.2, -0.15) is 0 Å². The van der Waals surface area contributed by atoms with E-state index in [0.29, 0.717) is 11.0 Å². The molecule has 0 heterocycles. The molecule has 0 fully saturated rings. The summed E-state index contributed by atoms with van der Waals surface area (Å²) in [4.78, 5) is 11.9. The number of carbonyl (C=O) groups excluding carboxylic acids is 1. The first-order chi connectivity index (χ1) is 8.67. The second-order valence-corrected chi connectivity index (χ2v) is 7.26. The normalized spacial score (nSPS) is 13.2. The molecule has 1 amide bonds. The van der Waals surface area contributed by atoms with Crippen molar-refractivity contribution in [3.8, 4) is 0 Å². The number of alkyl halides is 1. The van der Waals surface area contributed by atoms with Gasteiger partial charge < -0.3 is 5.32 Å². The summed E-state index contributed by atoms with van der Waals surface area (Å²) in [6.07, 6.45) is 0.793. The largest absolute Gasteiger partial charge is 0.351 e. The lowest BCUT2D eigenvalue weighted by molar-refractivity contribution is 0.0951. The third-order valence-corrected chi connectivity index (χ3v) is 3.21. The Labute approximate surface area is 126 Å². The van der Waals surface area contributed by atoms with E-state index in [1.807, 2.05) is 0 Å². The van der Waals surface area contributed by atoms with Crippen molar-refractivity contribution in [2.75, 3.05) is 6.54 Å². The molecule has 106 valence electrons. The van der Waals surface area contributed by atoms with E-state index in [9.17, 15) is 9.18 Å². The van der Waals surface area contributed by atoms with E-state index in [1.165, 1.54) is 12.1 Å². The monoisotopic (exact) mass is 349 g/mol. The van der Waals surface area contributed by atoms with Crippen LogP contribution in [0.5, 0.6) is 0 Å². The van der Waals surface area contributed by atoms with E-state index >= 15 is 0 Å². The summed E-state index contributed by atoms with van der Waals surface area (Å²) in [5.41, 5.74) is 0.394. The highest BCUT2D eigenvalue weighted by Crippen LogP contribution is 2.23. The van der Waals surface area contributed by atoms with Crippen molar-refractivity contribution in [1.82, 2.24) is 5.32 Å². The average molecular weight is 351 g/mol. The third kappa shape index (κ3) is 6.39. The van der Waals surface area contributed by atoms with Gasteiger partial charge >= 0.3 is 0 Å². The average Bonchev–Trinajstić information content (AvgIpc) is 2.22. The number of benzene rings is 1. The molecule has 0 bridgehead atoms. The van der Waals surface area contributed by atoms with Crippen molar-refractivity contribution >= 4 is 33.4 Å². The summed E-state index contributed by atoms with van der Waals surface area (Å²) < 4.78 is 13.7. The molecular formula is C14H18BrClFNO. The highest BCUT2D eigenvalue weighted by Gasteiger charge is 2.18. The second kappa shape index (κ2) is 6.71. The van der Waals surface area contributed by atoms with Gasteiger partial charge in [0.1, 0.15) is 5.82 Å². The number of amides is 1. The molecule has 19 heavy (non-hydrogen) atoms. The van der Waals surface area contributed by atoms with Crippen molar-refractivity contribution in [1.29, 1.82) is 0 Å². The fourth-order valence-electron chi connectivity index (χ4n) is 1.73. The van der Waals surface area contributed by atoms with Crippen LogP contribution in [0.4, 0.5) is 4.39 Å². The molecule has 1 rings (SSSR count). The number of hydrogen-bond donors (Lipinski definition) is 1. The SMILES string of the molecule is CC(C)(C)CC(Cl)CNC(=O)c1cc(F)cc(Br)c1. The van der Waals surface area contributed by atoms with Crippen LogP contribution in [0.1, 0.15) is 37.6 Å². The standard InChI is InChI=1S/C14H18BrClFNO/c1-14(2,3)7-11(16)8-18-13(19)9-4-10(15)6-12(17)5-9/h4-6,11H,7-8H2,1-3H3,(H,18,19). The van der Waals surface area contributed by atoms with E-state index in [2.05, 4.69) is 42.0 Å². The van der Waals surface area contributed by atoms with E-state index in [0.717, 1.165) is 6.42 Å². The van der Waals surface area contributed by atoms with Crippen LogP contribution in [0.2, 0.25) is 0 Å². The van der Waals surface area contributed by atoms with Gasteiger partial charge in [-0.1, -0.05) is 36.7 Å². The Kier molecular flexibility index (Phi) is 5.81. The zero-order valence-electron chi connectivity index (χ0n) is 11.3. The molecule has 0 radical (unpaired) electrons. The second-order valence-electron chi connectivity index (χ2n) is 5.73. The summed E-state index contributed by atoms with van der Waals surface area (Å²) >= 11 is 9.32. The van der Waals surface area contributed by atoms with Gasteiger partial charge in [-0.3, -0.25) is 4.79 Å². The highest BCUT2D eigenvalue weighted by atomic mass is 79.9. The summed E-state index contributed by atoms with van der Waals surface area (Å²) in [6.45, 7) is 6.64. The maximum Gasteiger partial charge on any atom is 0.251 e. The smallest absolute Gasteiger partial charge is 0.251 e. The minimum atomic E-state index is -0.448. The van der Waals surface area contributed by atoms with Crippen molar-refractivity contribution in [2.45, 2.75) is 32.6 Å². The van der Waals surface area contributed by atoms with Crippen LogP contribution in [0, 0.1) is 11.2 Å². The lowest BCUT2D eigenvalue weighted by atomic mass is 9.90. The van der Waals surface area contributed by atoms with Gasteiger partial charge in [0.25, 0.3) is 5.91 Å². The Bertz CT molecular complexity index is 439. The third-order valence-electron chi connectivity index (χ3n) is 2.44. The van der Waals surface area contributed by atoms with E-state index < -0.39 is 5.82 Å². The van der Waals surface area contributed by atoms with E-state index in [4.69, 9.17) is 11.6 Å². The fourth-order valence-corrected chi connectivity index (χ4v) is 2.73. The summed E-state index contributed by atoms with van der Waals surface area (Å²) in [5.74, 6) is -0.767. The van der Waals surface area contributed by atoms with Gasteiger partial charge in [-0.25, -0.2) is 4.39 Å². The first-order valence-corrected chi connectivity index (χ1v) is 7.29. The van der Waals surface area contributed by atoms with Crippen LogP contribution < -0.4 is 5.32 Å². The number of halogens is 3. The first-order valence-electron chi connectivity index (χ1n) is 6.06. The van der Waals surface area contributed by atoms with Crippen LogP contribution in [0.15, 0.2) is 22.7 Å². The molecule has 1 unspecified atom stereocenters. The molecule has 1 aromatic rings. The van der Waals surface area contributed by atoms with Crippen molar-refractivity contribution in [3.05, 3.63) is 34.1 Å².